The molecule has 3 rings (SSSR count). The van der Waals surface area contributed by atoms with E-state index in [1.807, 2.05) is 24.3 Å². The van der Waals surface area contributed by atoms with Crippen molar-refractivity contribution in [3.63, 3.8) is 0 Å². The van der Waals surface area contributed by atoms with Crippen molar-refractivity contribution in [2.24, 2.45) is 0 Å². The predicted molar refractivity (Wildman–Crippen MR) is 105 cm³/mol. The summed E-state index contributed by atoms with van der Waals surface area (Å²) in [4.78, 5) is 8.22. The van der Waals surface area contributed by atoms with Crippen LogP contribution < -0.4 is 4.74 Å². The van der Waals surface area contributed by atoms with Crippen molar-refractivity contribution >= 4 is 11.8 Å². The molecule has 0 unspecified atom stereocenters. The summed E-state index contributed by atoms with van der Waals surface area (Å²) in [5, 5.41) is 9.44. The van der Waals surface area contributed by atoms with Crippen molar-refractivity contribution < 1.29 is 17.9 Å². The Morgan fingerprint density at radius 2 is 1.79 bits per heavy atom. The Labute approximate surface area is 170 Å². The number of methoxy groups -OCH3 is 1. The minimum atomic E-state index is -4.65. The summed E-state index contributed by atoms with van der Waals surface area (Å²) in [6.07, 6.45) is -1.07. The highest BCUT2D eigenvalue weighted by atomic mass is 32.2. The van der Waals surface area contributed by atoms with Crippen LogP contribution in [-0.4, -0.2) is 22.8 Å². The van der Waals surface area contributed by atoms with Gasteiger partial charge in [0.25, 0.3) is 0 Å². The number of hydrogen-bond acceptors (Lipinski definition) is 5. The summed E-state index contributed by atoms with van der Waals surface area (Å²) < 4.78 is 45.8. The Kier molecular flexibility index (Phi) is 6.39. The van der Waals surface area contributed by atoms with Gasteiger partial charge in [0, 0.05) is 23.7 Å². The molecule has 0 fully saturated rings. The van der Waals surface area contributed by atoms with Crippen LogP contribution in [0.3, 0.4) is 0 Å². The first-order valence-electron chi connectivity index (χ1n) is 8.61. The van der Waals surface area contributed by atoms with E-state index in [1.54, 1.807) is 25.3 Å². The number of nitriles is 1. The molecular weight excluding hydrogens is 399 g/mol. The highest BCUT2D eigenvalue weighted by molar-refractivity contribution is 7.99. The maximum Gasteiger partial charge on any atom is 0.417 e. The lowest BCUT2D eigenvalue weighted by Gasteiger charge is -2.14. The lowest BCUT2D eigenvalue weighted by molar-refractivity contribution is -0.138. The number of pyridine rings is 2. The van der Waals surface area contributed by atoms with Gasteiger partial charge >= 0.3 is 6.18 Å². The van der Waals surface area contributed by atoms with Gasteiger partial charge in [0.2, 0.25) is 0 Å². The fourth-order valence-electron chi connectivity index (χ4n) is 2.69. The predicted octanol–water partition coefficient (Wildman–Crippen LogP) is 5.38. The van der Waals surface area contributed by atoms with Crippen LogP contribution in [0.4, 0.5) is 13.2 Å². The average Bonchev–Trinajstić information content (AvgIpc) is 2.73. The molecule has 2 heterocycles. The van der Waals surface area contributed by atoms with Gasteiger partial charge in [-0.1, -0.05) is 12.1 Å². The van der Waals surface area contributed by atoms with Crippen LogP contribution in [-0.2, 0) is 12.6 Å². The van der Waals surface area contributed by atoms with Crippen molar-refractivity contribution in [3.05, 3.63) is 71.5 Å². The second-order valence-corrected chi connectivity index (χ2v) is 7.11. The molecule has 0 saturated carbocycles. The third kappa shape index (κ3) is 5.06. The molecule has 3 aromatic rings. The number of ether oxygens (including phenoxy) is 1. The van der Waals surface area contributed by atoms with Gasteiger partial charge in [0.05, 0.1) is 23.9 Å². The van der Waals surface area contributed by atoms with E-state index in [9.17, 15) is 18.4 Å². The van der Waals surface area contributed by atoms with E-state index in [4.69, 9.17) is 4.74 Å². The molecule has 0 atom stereocenters. The molecule has 148 valence electrons. The number of thioether (sulfide) groups is 1. The Bertz CT molecular complexity index is 1020. The lowest BCUT2D eigenvalue weighted by atomic mass is 10.1. The third-order valence-corrected chi connectivity index (χ3v) is 5.15. The molecule has 0 aliphatic rings. The number of halogens is 3. The van der Waals surface area contributed by atoms with Crippen LogP contribution in [0.1, 0.15) is 16.7 Å². The maximum absolute atomic E-state index is 13.6. The normalized spacial score (nSPS) is 11.1. The van der Waals surface area contributed by atoms with E-state index < -0.39 is 17.3 Å². The molecule has 1 aromatic carbocycles. The summed E-state index contributed by atoms with van der Waals surface area (Å²) in [5.74, 6) is 1.21. The van der Waals surface area contributed by atoms with Gasteiger partial charge in [-0.2, -0.15) is 18.4 Å². The first-order valence-corrected chi connectivity index (χ1v) is 9.59. The zero-order chi connectivity index (χ0) is 20.9. The molecule has 0 spiro atoms. The first kappa shape index (κ1) is 20.7. The second kappa shape index (κ2) is 8.97. The summed E-state index contributed by atoms with van der Waals surface area (Å²) in [7, 11) is 1.58. The molecule has 4 nitrogen and oxygen atoms in total. The van der Waals surface area contributed by atoms with Gasteiger partial charge in [-0.15, -0.1) is 11.8 Å². The topological polar surface area (TPSA) is 58.8 Å². The summed E-state index contributed by atoms with van der Waals surface area (Å²) >= 11 is 1.14. The number of aryl methyl sites for hydroxylation is 1. The van der Waals surface area contributed by atoms with Crippen LogP contribution >= 0.6 is 11.8 Å². The molecule has 0 bridgehead atoms. The highest BCUT2D eigenvalue weighted by Crippen LogP contribution is 2.38. The summed E-state index contributed by atoms with van der Waals surface area (Å²) in [6.45, 7) is 0. The monoisotopic (exact) mass is 415 g/mol. The van der Waals surface area contributed by atoms with Crippen LogP contribution in [0, 0.1) is 11.3 Å². The third-order valence-electron chi connectivity index (χ3n) is 4.17. The van der Waals surface area contributed by atoms with E-state index >= 15 is 0 Å². The molecule has 0 saturated heterocycles. The minimum Gasteiger partial charge on any atom is -0.497 e. The van der Waals surface area contributed by atoms with Crippen molar-refractivity contribution in [3.8, 4) is 23.1 Å². The molecule has 0 radical (unpaired) electrons. The van der Waals surface area contributed by atoms with Gasteiger partial charge in [-0.25, -0.2) is 4.98 Å². The van der Waals surface area contributed by atoms with Crippen molar-refractivity contribution in [1.29, 1.82) is 5.26 Å². The average molecular weight is 415 g/mol. The van der Waals surface area contributed by atoms with E-state index in [0.717, 1.165) is 29.1 Å². The van der Waals surface area contributed by atoms with Gasteiger partial charge in [0.1, 0.15) is 16.8 Å². The number of nitrogens with zero attached hydrogens (tertiary/aromatic N) is 3. The number of rotatable bonds is 6. The van der Waals surface area contributed by atoms with Crippen LogP contribution in [0.25, 0.3) is 11.3 Å². The Hall–Kier alpha value is -3.05. The van der Waals surface area contributed by atoms with Crippen molar-refractivity contribution in [2.75, 3.05) is 12.9 Å². The number of benzene rings is 1. The van der Waals surface area contributed by atoms with Gasteiger partial charge < -0.3 is 4.74 Å². The number of alkyl halides is 3. The van der Waals surface area contributed by atoms with E-state index in [-0.39, 0.29) is 10.7 Å². The standard InChI is InChI=1S/C21H16F3N3OS/c1-28-16-4-2-14(3-5-16)8-11-29-20-17(13-25)18(21(22,23)24)12-19(27-20)15-6-9-26-10-7-15/h2-7,9-10,12H,8,11H2,1H3. The molecule has 0 N–H and O–H groups in total. The minimum absolute atomic E-state index is 0.0719. The molecule has 0 aliphatic carbocycles. The lowest BCUT2D eigenvalue weighted by Crippen LogP contribution is -2.10. The number of aromatic nitrogens is 2. The fourth-order valence-corrected chi connectivity index (χ4v) is 3.68. The van der Waals surface area contributed by atoms with Crippen molar-refractivity contribution in [2.45, 2.75) is 17.6 Å². The molecule has 0 amide bonds. The Morgan fingerprint density at radius 1 is 1.10 bits per heavy atom. The Morgan fingerprint density at radius 3 is 2.38 bits per heavy atom. The molecule has 8 heteroatoms. The maximum atomic E-state index is 13.6. The Balaban J connectivity index is 1.90. The van der Waals surface area contributed by atoms with Crippen LogP contribution in [0.15, 0.2) is 59.9 Å². The second-order valence-electron chi connectivity index (χ2n) is 6.03. The quantitative estimate of drug-likeness (QED) is 0.506. The molecule has 0 aliphatic heterocycles. The molecule has 29 heavy (non-hydrogen) atoms. The van der Waals surface area contributed by atoms with Gasteiger partial charge in [-0.3, -0.25) is 4.98 Å². The zero-order valence-electron chi connectivity index (χ0n) is 15.4. The first-order chi connectivity index (χ1) is 13.9. The largest absolute Gasteiger partial charge is 0.497 e. The summed E-state index contributed by atoms with van der Waals surface area (Å²) in [5.41, 5.74) is 0.250. The number of hydrogen-bond donors (Lipinski definition) is 0. The van der Waals surface area contributed by atoms with Crippen LogP contribution in [0.2, 0.25) is 0 Å². The fraction of sp³-hybridized carbons (Fsp3) is 0.190. The molecule has 2 aromatic heterocycles. The summed E-state index contributed by atoms with van der Waals surface area (Å²) in [6, 6.07) is 13.2. The van der Waals surface area contributed by atoms with Crippen molar-refractivity contribution in [1.82, 2.24) is 9.97 Å². The zero-order valence-corrected chi connectivity index (χ0v) is 16.2. The van der Waals surface area contributed by atoms with Crippen LogP contribution in [0.5, 0.6) is 5.75 Å². The van der Waals surface area contributed by atoms with Gasteiger partial charge in [0.15, 0.2) is 0 Å². The highest BCUT2D eigenvalue weighted by Gasteiger charge is 2.36. The van der Waals surface area contributed by atoms with E-state index in [0.29, 0.717) is 17.7 Å². The van der Waals surface area contributed by atoms with E-state index in [1.165, 1.54) is 12.4 Å². The smallest absolute Gasteiger partial charge is 0.417 e. The van der Waals surface area contributed by atoms with E-state index in [2.05, 4.69) is 9.97 Å². The SMILES string of the molecule is COc1ccc(CCSc2nc(-c3ccncc3)cc(C(F)(F)F)c2C#N)cc1. The molecular formula is C21H16F3N3OS. The van der Waals surface area contributed by atoms with Gasteiger partial charge in [-0.05, 0) is 42.3 Å².